The van der Waals surface area contributed by atoms with Gasteiger partial charge in [-0.15, -0.1) is 0 Å². The highest BCUT2D eigenvalue weighted by atomic mass is 16.5. The maximum absolute atomic E-state index is 8.64. The van der Waals surface area contributed by atoms with Gasteiger partial charge in [0.05, 0.1) is 18.2 Å². The second-order valence-corrected chi connectivity index (χ2v) is 2.67. The minimum Gasteiger partial charge on any atom is -0.380 e. The number of pyridine rings is 1. The van der Waals surface area contributed by atoms with Crippen LogP contribution in [0.3, 0.4) is 0 Å². The smallest absolute Gasteiger partial charge is 0.127 e. The predicted molar refractivity (Wildman–Crippen MR) is 53.9 cm³/mol. The first-order valence-corrected chi connectivity index (χ1v) is 4.54. The van der Waals surface area contributed by atoms with Gasteiger partial charge < -0.3 is 10.1 Å². The Kier molecular flexibility index (Phi) is 4.45. The summed E-state index contributed by atoms with van der Waals surface area (Å²) in [5.74, 6) is 0.712. The van der Waals surface area contributed by atoms with Gasteiger partial charge in [-0.25, -0.2) is 4.98 Å². The van der Waals surface area contributed by atoms with Crippen molar-refractivity contribution in [1.29, 1.82) is 5.26 Å². The molecule has 74 valence electrons. The average molecular weight is 191 g/mol. The van der Waals surface area contributed by atoms with E-state index < -0.39 is 0 Å². The van der Waals surface area contributed by atoms with Crippen LogP contribution in [0.4, 0.5) is 5.82 Å². The minimum absolute atomic E-state index is 0.610. The normalized spacial score (nSPS) is 9.43. The van der Waals surface area contributed by atoms with E-state index in [0.717, 1.165) is 0 Å². The fraction of sp³-hybridized carbons (Fsp3) is 0.400. The van der Waals surface area contributed by atoms with Gasteiger partial charge in [0.1, 0.15) is 5.82 Å². The molecule has 0 fully saturated rings. The Morgan fingerprint density at radius 3 is 3.21 bits per heavy atom. The largest absolute Gasteiger partial charge is 0.380 e. The van der Waals surface area contributed by atoms with Crippen molar-refractivity contribution in [3.05, 3.63) is 23.9 Å². The molecule has 14 heavy (non-hydrogen) atoms. The van der Waals surface area contributed by atoms with Crippen LogP contribution < -0.4 is 5.32 Å². The summed E-state index contributed by atoms with van der Waals surface area (Å²) in [6.07, 6.45) is 1.61. The van der Waals surface area contributed by atoms with E-state index in [9.17, 15) is 0 Å². The van der Waals surface area contributed by atoms with Crippen LogP contribution in [0, 0.1) is 11.3 Å². The topological polar surface area (TPSA) is 57.9 Å². The molecule has 1 aromatic heterocycles. The average Bonchev–Trinajstić information content (AvgIpc) is 2.25. The fourth-order valence-corrected chi connectivity index (χ4v) is 0.992. The van der Waals surface area contributed by atoms with Gasteiger partial charge in [-0.3, -0.25) is 0 Å². The van der Waals surface area contributed by atoms with E-state index in [1.807, 2.05) is 6.92 Å². The molecule has 1 aromatic rings. The van der Waals surface area contributed by atoms with Gasteiger partial charge in [0.25, 0.3) is 0 Å². The molecule has 0 amide bonds. The number of rotatable bonds is 5. The Hall–Kier alpha value is -1.60. The third-order valence-corrected chi connectivity index (χ3v) is 1.65. The maximum atomic E-state index is 8.64. The Morgan fingerprint density at radius 2 is 2.50 bits per heavy atom. The summed E-state index contributed by atoms with van der Waals surface area (Å²) >= 11 is 0. The van der Waals surface area contributed by atoms with E-state index in [1.165, 1.54) is 0 Å². The number of nitriles is 1. The summed E-state index contributed by atoms with van der Waals surface area (Å²) in [5, 5.41) is 11.7. The van der Waals surface area contributed by atoms with Crippen molar-refractivity contribution < 1.29 is 4.74 Å². The maximum Gasteiger partial charge on any atom is 0.127 e. The van der Waals surface area contributed by atoms with Crippen LogP contribution in [0.15, 0.2) is 18.3 Å². The lowest BCUT2D eigenvalue weighted by Gasteiger charge is -2.04. The molecule has 0 atom stereocenters. The first-order valence-electron chi connectivity index (χ1n) is 4.54. The van der Waals surface area contributed by atoms with E-state index in [4.69, 9.17) is 10.00 Å². The van der Waals surface area contributed by atoms with Crippen LogP contribution in [0.25, 0.3) is 0 Å². The van der Waals surface area contributed by atoms with Crippen molar-refractivity contribution in [2.24, 2.45) is 0 Å². The van der Waals surface area contributed by atoms with Gasteiger partial charge >= 0.3 is 0 Å². The minimum atomic E-state index is 0.610. The van der Waals surface area contributed by atoms with Crippen molar-refractivity contribution in [3.8, 4) is 6.07 Å². The van der Waals surface area contributed by atoms with Gasteiger partial charge in [-0.1, -0.05) is 0 Å². The van der Waals surface area contributed by atoms with Crippen molar-refractivity contribution >= 4 is 5.82 Å². The predicted octanol–water partition coefficient (Wildman–Crippen LogP) is 1.40. The molecule has 1 rings (SSSR count). The molecule has 4 nitrogen and oxygen atoms in total. The number of nitrogens with zero attached hydrogens (tertiary/aromatic N) is 2. The standard InChI is InChI=1S/C10H13N3O/c1-2-14-6-5-13-10-7-9(8-11)3-4-12-10/h3-4,7H,2,5-6H2,1H3,(H,12,13). The second kappa shape index (κ2) is 5.95. The van der Waals surface area contributed by atoms with Gasteiger partial charge in [0.2, 0.25) is 0 Å². The van der Waals surface area contributed by atoms with Crippen molar-refractivity contribution in [1.82, 2.24) is 4.98 Å². The number of ether oxygens (including phenoxy) is 1. The molecule has 0 aromatic carbocycles. The van der Waals surface area contributed by atoms with E-state index in [1.54, 1.807) is 18.3 Å². The lowest BCUT2D eigenvalue weighted by molar-refractivity contribution is 0.158. The van der Waals surface area contributed by atoms with E-state index in [0.29, 0.717) is 31.1 Å². The SMILES string of the molecule is CCOCCNc1cc(C#N)ccn1. The second-order valence-electron chi connectivity index (χ2n) is 2.67. The highest BCUT2D eigenvalue weighted by molar-refractivity contribution is 5.42. The Bertz CT molecular complexity index is 319. The molecule has 4 heteroatoms. The molecule has 0 saturated carbocycles. The molecule has 0 bridgehead atoms. The van der Waals surface area contributed by atoms with Crippen molar-refractivity contribution in [3.63, 3.8) is 0 Å². The van der Waals surface area contributed by atoms with Crippen LogP contribution in [0.5, 0.6) is 0 Å². The third kappa shape index (κ3) is 3.42. The lowest BCUT2D eigenvalue weighted by Crippen LogP contribution is -2.10. The van der Waals surface area contributed by atoms with E-state index in [2.05, 4.69) is 16.4 Å². The molecular formula is C10H13N3O. The zero-order valence-corrected chi connectivity index (χ0v) is 8.16. The summed E-state index contributed by atoms with van der Waals surface area (Å²) in [6.45, 7) is 4.02. The Labute approximate surface area is 83.5 Å². The lowest BCUT2D eigenvalue weighted by atomic mass is 10.3. The molecule has 0 unspecified atom stereocenters. The third-order valence-electron chi connectivity index (χ3n) is 1.65. The van der Waals surface area contributed by atoms with Crippen molar-refractivity contribution in [2.45, 2.75) is 6.92 Å². The summed E-state index contributed by atoms with van der Waals surface area (Å²) in [7, 11) is 0. The van der Waals surface area contributed by atoms with Crippen LogP contribution in [0.2, 0.25) is 0 Å². The summed E-state index contributed by atoms with van der Waals surface area (Å²) in [5.41, 5.74) is 0.610. The molecule has 0 aliphatic rings. The number of hydrogen-bond donors (Lipinski definition) is 1. The van der Waals surface area contributed by atoms with Gasteiger partial charge in [0.15, 0.2) is 0 Å². The Morgan fingerprint density at radius 1 is 1.64 bits per heavy atom. The van der Waals surface area contributed by atoms with Crippen LogP contribution >= 0.6 is 0 Å². The molecule has 0 spiro atoms. The molecule has 0 radical (unpaired) electrons. The van der Waals surface area contributed by atoms with Gasteiger partial charge in [-0.2, -0.15) is 5.26 Å². The zero-order valence-electron chi connectivity index (χ0n) is 8.16. The summed E-state index contributed by atoms with van der Waals surface area (Å²) in [4.78, 5) is 4.07. The Balaban J connectivity index is 2.39. The van der Waals surface area contributed by atoms with Gasteiger partial charge in [0, 0.05) is 19.3 Å². The first kappa shape index (κ1) is 10.5. The fourth-order valence-electron chi connectivity index (χ4n) is 0.992. The molecule has 0 aliphatic carbocycles. The first-order chi connectivity index (χ1) is 6.86. The van der Waals surface area contributed by atoms with Crippen LogP contribution in [-0.2, 0) is 4.74 Å². The number of aromatic nitrogens is 1. The highest BCUT2D eigenvalue weighted by Crippen LogP contribution is 2.04. The molecule has 0 saturated heterocycles. The summed E-state index contributed by atoms with van der Waals surface area (Å²) in [6, 6.07) is 5.45. The highest BCUT2D eigenvalue weighted by Gasteiger charge is 1.94. The van der Waals surface area contributed by atoms with Crippen molar-refractivity contribution in [2.75, 3.05) is 25.1 Å². The molecular weight excluding hydrogens is 178 g/mol. The summed E-state index contributed by atoms with van der Waals surface area (Å²) < 4.78 is 5.16. The molecule has 1 N–H and O–H groups in total. The van der Waals surface area contributed by atoms with Crippen LogP contribution in [-0.4, -0.2) is 24.7 Å². The number of anilines is 1. The number of nitrogens with one attached hydrogen (secondary N) is 1. The van der Waals surface area contributed by atoms with Gasteiger partial charge in [-0.05, 0) is 19.1 Å². The monoisotopic (exact) mass is 191 g/mol. The molecule has 0 aliphatic heterocycles. The zero-order chi connectivity index (χ0) is 10.2. The molecule has 1 heterocycles. The van der Waals surface area contributed by atoms with E-state index >= 15 is 0 Å². The van der Waals surface area contributed by atoms with Crippen LogP contribution in [0.1, 0.15) is 12.5 Å². The van der Waals surface area contributed by atoms with E-state index in [-0.39, 0.29) is 0 Å². The number of hydrogen-bond acceptors (Lipinski definition) is 4. The quantitative estimate of drug-likeness (QED) is 0.715.